The first-order valence-corrected chi connectivity index (χ1v) is 6.89. The van der Waals surface area contributed by atoms with Crippen molar-refractivity contribution in [3.63, 3.8) is 0 Å². The molecule has 92 valence electrons. The number of hydrogen-bond acceptors (Lipinski definition) is 2. The van der Waals surface area contributed by atoms with Gasteiger partial charge in [-0.25, -0.2) is 0 Å². The highest BCUT2D eigenvalue weighted by Gasteiger charge is 2.32. The molecule has 1 saturated carbocycles. The van der Waals surface area contributed by atoms with Crippen LogP contribution >= 0.6 is 0 Å². The summed E-state index contributed by atoms with van der Waals surface area (Å²) in [6.07, 6.45) is 6.88. The summed E-state index contributed by atoms with van der Waals surface area (Å²) in [6, 6.07) is 9.08. The van der Waals surface area contributed by atoms with Gasteiger partial charge in [0.05, 0.1) is 12.1 Å². The number of fused-ring (bicyclic) bond motifs is 1. The van der Waals surface area contributed by atoms with Crippen LogP contribution in [0.4, 0.5) is 5.69 Å². The first kappa shape index (κ1) is 11.1. The summed E-state index contributed by atoms with van der Waals surface area (Å²) in [5, 5.41) is 10.1. The molecular formula is C15H21NO. The molecule has 0 unspecified atom stereocenters. The molecule has 1 aliphatic heterocycles. The zero-order chi connectivity index (χ0) is 11.7. The third kappa shape index (κ3) is 2.06. The van der Waals surface area contributed by atoms with Crippen molar-refractivity contribution in [3.05, 3.63) is 29.8 Å². The van der Waals surface area contributed by atoms with Crippen LogP contribution < -0.4 is 4.90 Å². The third-order valence-electron chi connectivity index (χ3n) is 4.24. The van der Waals surface area contributed by atoms with Gasteiger partial charge >= 0.3 is 0 Å². The Morgan fingerprint density at radius 1 is 1.06 bits per heavy atom. The molecule has 1 heterocycles. The standard InChI is InChI=1S/C15H21NO/c17-15-10-5-9-14(15)16-11-4-3-7-12-6-1-2-8-13(12)16/h1-2,6,8,14-15,17H,3-5,7,9-11H2/t14-,15-/m0/s1. The maximum atomic E-state index is 10.1. The quantitative estimate of drug-likeness (QED) is 0.803. The molecule has 1 aromatic rings. The Bertz CT molecular complexity index is 390. The van der Waals surface area contributed by atoms with Crippen LogP contribution in [0.15, 0.2) is 24.3 Å². The number of para-hydroxylation sites is 1. The van der Waals surface area contributed by atoms with Gasteiger partial charge in [0.1, 0.15) is 0 Å². The minimum atomic E-state index is -0.124. The highest BCUT2D eigenvalue weighted by atomic mass is 16.3. The van der Waals surface area contributed by atoms with E-state index in [0.29, 0.717) is 6.04 Å². The van der Waals surface area contributed by atoms with E-state index in [1.54, 1.807) is 0 Å². The molecule has 0 bridgehead atoms. The van der Waals surface area contributed by atoms with Crippen molar-refractivity contribution in [3.8, 4) is 0 Å². The van der Waals surface area contributed by atoms with Gasteiger partial charge in [-0.15, -0.1) is 0 Å². The minimum absolute atomic E-state index is 0.124. The number of hydrogen-bond donors (Lipinski definition) is 1. The second-order valence-electron chi connectivity index (χ2n) is 5.34. The number of aliphatic hydroxyl groups excluding tert-OH is 1. The Hall–Kier alpha value is -1.02. The van der Waals surface area contributed by atoms with Gasteiger partial charge < -0.3 is 10.0 Å². The van der Waals surface area contributed by atoms with Crippen molar-refractivity contribution < 1.29 is 5.11 Å². The summed E-state index contributed by atoms with van der Waals surface area (Å²) in [5.41, 5.74) is 2.83. The first-order valence-electron chi connectivity index (χ1n) is 6.89. The highest BCUT2D eigenvalue weighted by Crippen LogP contribution is 2.33. The smallest absolute Gasteiger partial charge is 0.0743 e. The topological polar surface area (TPSA) is 23.5 Å². The summed E-state index contributed by atoms with van der Waals surface area (Å²) in [5.74, 6) is 0. The van der Waals surface area contributed by atoms with Gasteiger partial charge in [-0.1, -0.05) is 18.2 Å². The largest absolute Gasteiger partial charge is 0.391 e. The van der Waals surface area contributed by atoms with E-state index >= 15 is 0 Å². The lowest BCUT2D eigenvalue weighted by molar-refractivity contribution is 0.161. The van der Waals surface area contributed by atoms with E-state index in [9.17, 15) is 5.11 Å². The number of aliphatic hydroxyl groups is 1. The van der Waals surface area contributed by atoms with Crippen LogP contribution in [0.2, 0.25) is 0 Å². The number of nitrogens with zero attached hydrogens (tertiary/aromatic N) is 1. The van der Waals surface area contributed by atoms with Crippen LogP contribution in [0.5, 0.6) is 0 Å². The fraction of sp³-hybridized carbons (Fsp3) is 0.600. The SMILES string of the molecule is O[C@H]1CCC[C@@H]1N1CCCCc2ccccc21. The van der Waals surface area contributed by atoms with Gasteiger partial charge in [0.25, 0.3) is 0 Å². The maximum absolute atomic E-state index is 10.1. The van der Waals surface area contributed by atoms with Gasteiger partial charge in [0.15, 0.2) is 0 Å². The number of anilines is 1. The molecule has 2 nitrogen and oxygen atoms in total. The molecular weight excluding hydrogens is 210 g/mol. The molecule has 17 heavy (non-hydrogen) atoms. The second-order valence-corrected chi connectivity index (χ2v) is 5.34. The Labute approximate surface area is 103 Å². The lowest BCUT2D eigenvalue weighted by atomic mass is 10.1. The van der Waals surface area contributed by atoms with E-state index in [-0.39, 0.29) is 6.10 Å². The summed E-state index contributed by atoms with van der Waals surface area (Å²) < 4.78 is 0. The van der Waals surface area contributed by atoms with Crippen LogP contribution in [0.25, 0.3) is 0 Å². The van der Waals surface area contributed by atoms with Crippen LogP contribution in [-0.2, 0) is 6.42 Å². The molecule has 0 radical (unpaired) electrons. The summed E-state index contributed by atoms with van der Waals surface area (Å²) in [6.45, 7) is 1.11. The van der Waals surface area contributed by atoms with E-state index < -0.39 is 0 Å². The number of rotatable bonds is 1. The number of aryl methyl sites for hydroxylation is 1. The Morgan fingerprint density at radius 2 is 1.94 bits per heavy atom. The molecule has 2 heteroatoms. The highest BCUT2D eigenvalue weighted by molar-refractivity contribution is 5.55. The van der Waals surface area contributed by atoms with Crippen LogP contribution in [-0.4, -0.2) is 23.8 Å². The Kier molecular flexibility index (Phi) is 3.06. The van der Waals surface area contributed by atoms with Crippen molar-refractivity contribution in [2.24, 2.45) is 0 Å². The molecule has 0 amide bonds. The van der Waals surface area contributed by atoms with Crippen molar-refractivity contribution in [2.75, 3.05) is 11.4 Å². The van der Waals surface area contributed by atoms with Crippen LogP contribution in [0, 0.1) is 0 Å². The van der Waals surface area contributed by atoms with Crippen LogP contribution in [0.1, 0.15) is 37.7 Å². The van der Waals surface area contributed by atoms with Crippen molar-refractivity contribution in [2.45, 2.75) is 50.7 Å². The van der Waals surface area contributed by atoms with E-state index in [1.165, 1.54) is 36.9 Å². The summed E-state index contributed by atoms with van der Waals surface area (Å²) >= 11 is 0. The van der Waals surface area contributed by atoms with Gasteiger partial charge in [0.2, 0.25) is 0 Å². The molecule has 1 aromatic carbocycles. The Morgan fingerprint density at radius 3 is 2.76 bits per heavy atom. The van der Waals surface area contributed by atoms with E-state index in [0.717, 1.165) is 19.4 Å². The monoisotopic (exact) mass is 231 g/mol. The predicted molar refractivity (Wildman–Crippen MR) is 70.4 cm³/mol. The van der Waals surface area contributed by atoms with Gasteiger partial charge in [-0.05, 0) is 50.2 Å². The van der Waals surface area contributed by atoms with Crippen molar-refractivity contribution >= 4 is 5.69 Å². The van der Waals surface area contributed by atoms with Crippen molar-refractivity contribution in [1.82, 2.24) is 0 Å². The van der Waals surface area contributed by atoms with Gasteiger partial charge in [-0.2, -0.15) is 0 Å². The molecule has 2 aliphatic rings. The van der Waals surface area contributed by atoms with E-state index in [4.69, 9.17) is 0 Å². The lowest BCUT2D eigenvalue weighted by Gasteiger charge is -2.33. The van der Waals surface area contributed by atoms with Gasteiger partial charge in [0, 0.05) is 12.2 Å². The second kappa shape index (κ2) is 4.69. The lowest BCUT2D eigenvalue weighted by Crippen LogP contribution is -2.41. The molecule has 1 aliphatic carbocycles. The first-order chi connectivity index (χ1) is 8.36. The average molecular weight is 231 g/mol. The minimum Gasteiger partial charge on any atom is -0.391 e. The average Bonchev–Trinajstić information content (AvgIpc) is 2.66. The fourth-order valence-electron chi connectivity index (χ4n) is 3.35. The van der Waals surface area contributed by atoms with E-state index in [1.807, 2.05) is 0 Å². The molecule has 1 fully saturated rings. The zero-order valence-electron chi connectivity index (χ0n) is 10.3. The molecule has 3 rings (SSSR count). The van der Waals surface area contributed by atoms with Gasteiger partial charge in [-0.3, -0.25) is 0 Å². The molecule has 2 atom stereocenters. The number of benzene rings is 1. The molecule has 0 saturated heterocycles. The Balaban J connectivity index is 1.93. The summed E-state index contributed by atoms with van der Waals surface area (Å²) in [7, 11) is 0. The molecule has 1 N–H and O–H groups in total. The van der Waals surface area contributed by atoms with Crippen molar-refractivity contribution in [1.29, 1.82) is 0 Å². The maximum Gasteiger partial charge on any atom is 0.0743 e. The third-order valence-corrected chi connectivity index (χ3v) is 4.24. The predicted octanol–water partition coefficient (Wildman–Crippen LogP) is 2.74. The zero-order valence-corrected chi connectivity index (χ0v) is 10.3. The normalized spacial score (nSPS) is 28.9. The fourth-order valence-corrected chi connectivity index (χ4v) is 3.35. The molecule has 0 spiro atoms. The molecule has 0 aromatic heterocycles. The van der Waals surface area contributed by atoms with Crippen LogP contribution in [0.3, 0.4) is 0 Å². The summed E-state index contributed by atoms with van der Waals surface area (Å²) in [4.78, 5) is 2.47. The van der Waals surface area contributed by atoms with E-state index in [2.05, 4.69) is 29.2 Å².